The van der Waals surface area contributed by atoms with Crippen molar-refractivity contribution in [3.05, 3.63) is 22.5 Å². The summed E-state index contributed by atoms with van der Waals surface area (Å²) in [5.41, 5.74) is 2.23. The predicted molar refractivity (Wildman–Crippen MR) is 99.4 cm³/mol. The fourth-order valence-corrected chi connectivity index (χ4v) is 3.70. The molecule has 1 aliphatic carbocycles. The highest BCUT2D eigenvalue weighted by atomic mass is 16.5. The van der Waals surface area contributed by atoms with Crippen molar-refractivity contribution in [1.29, 1.82) is 0 Å². The number of esters is 1. The molecule has 0 aromatic carbocycles. The van der Waals surface area contributed by atoms with E-state index in [0.717, 1.165) is 25.7 Å². The minimum atomic E-state index is -0.548. The first-order chi connectivity index (χ1) is 12.3. The average molecular weight is 362 g/mol. The van der Waals surface area contributed by atoms with Crippen LogP contribution in [0.2, 0.25) is 0 Å². The van der Waals surface area contributed by atoms with Crippen LogP contribution in [0.25, 0.3) is 0 Å². The maximum Gasteiger partial charge on any atom is 0.354 e. The van der Waals surface area contributed by atoms with Crippen LogP contribution >= 0.6 is 0 Å². The smallest absolute Gasteiger partial charge is 0.354 e. The Labute approximate surface area is 155 Å². The Bertz CT molecular complexity index is 716. The van der Waals surface area contributed by atoms with Crippen LogP contribution in [0.4, 0.5) is 0 Å². The van der Waals surface area contributed by atoms with Crippen molar-refractivity contribution in [2.45, 2.75) is 59.4 Å². The van der Waals surface area contributed by atoms with Crippen LogP contribution in [-0.4, -0.2) is 46.8 Å². The SMILES string of the molecule is CCCN(C(=O)C1CCC1)[C@H](C)C(=O)c1c(C)c(C(=O)OC)n(C)c1C. The van der Waals surface area contributed by atoms with E-state index in [9.17, 15) is 14.4 Å². The van der Waals surface area contributed by atoms with Crippen LogP contribution in [0.5, 0.6) is 0 Å². The van der Waals surface area contributed by atoms with E-state index in [1.807, 2.05) is 13.8 Å². The topological polar surface area (TPSA) is 68.6 Å². The number of hydrogen-bond acceptors (Lipinski definition) is 4. The van der Waals surface area contributed by atoms with E-state index < -0.39 is 12.0 Å². The normalized spacial score (nSPS) is 15.3. The third-order valence-electron chi connectivity index (χ3n) is 5.60. The highest BCUT2D eigenvalue weighted by molar-refractivity contribution is 6.06. The summed E-state index contributed by atoms with van der Waals surface area (Å²) >= 11 is 0. The van der Waals surface area contributed by atoms with E-state index in [-0.39, 0.29) is 17.6 Å². The van der Waals surface area contributed by atoms with Crippen LogP contribution in [0.3, 0.4) is 0 Å². The Hall–Kier alpha value is -2.11. The predicted octanol–water partition coefficient (Wildman–Crippen LogP) is 3.04. The Morgan fingerprint density at radius 1 is 1.27 bits per heavy atom. The second kappa shape index (κ2) is 8.06. The number of amides is 1. The number of ketones is 1. The van der Waals surface area contributed by atoms with Crippen molar-refractivity contribution in [2.75, 3.05) is 13.7 Å². The molecular formula is C20H30N2O4. The van der Waals surface area contributed by atoms with Crippen LogP contribution in [0.15, 0.2) is 0 Å². The standard InChI is InChI=1S/C20H30N2O4/c1-7-11-22(19(24)15-9-8-10-15)14(4)18(23)16-12(2)17(20(25)26-6)21(5)13(16)3/h14-15H,7-11H2,1-6H3/t14-/m1/s1. The lowest BCUT2D eigenvalue weighted by molar-refractivity contribution is -0.139. The first-order valence-electron chi connectivity index (χ1n) is 9.35. The Kier molecular flexibility index (Phi) is 6.26. The fraction of sp³-hybridized carbons (Fsp3) is 0.650. The Balaban J connectivity index is 2.37. The number of Topliss-reactive ketones (excluding diaryl/α,β-unsaturated/α-hetero) is 1. The van der Waals surface area contributed by atoms with Crippen molar-refractivity contribution < 1.29 is 19.1 Å². The molecule has 1 amide bonds. The lowest BCUT2D eigenvalue weighted by atomic mass is 9.83. The maximum absolute atomic E-state index is 13.3. The Morgan fingerprint density at radius 3 is 2.35 bits per heavy atom. The van der Waals surface area contributed by atoms with Crippen molar-refractivity contribution in [3.8, 4) is 0 Å². The zero-order chi connectivity index (χ0) is 19.6. The van der Waals surface area contributed by atoms with Crippen molar-refractivity contribution in [2.24, 2.45) is 13.0 Å². The molecule has 1 heterocycles. The average Bonchev–Trinajstić information content (AvgIpc) is 2.78. The second-order valence-electron chi connectivity index (χ2n) is 7.18. The van der Waals surface area contributed by atoms with Crippen molar-refractivity contribution in [3.63, 3.8) is 0 Å². The van der Waals surface area contributed by atoms with Crippen LogP contribution in [0.1, 0.15) is 71.6 Å². The highest BCUT2D eigenvalue weighted by Gasteiger charge is 2.36. The molecule has 0 spiro atoms. The van der Waals surface area contributed by atoms with Gasteiger partial charge in [0, 0.05) is 30.8 Å². The number of hydrogen-bond donors (Lipinski definition) is 0. The molecule has 0 saturated heterocycles. The summed E-state index contributed by atoms with van der Waals surface area (Å²) < 4.78 is 6.54. The quantitative estimate of drug-likeness (QED) is 0.552. The molecule has 0 radical (unpaired) electrons. The number of carbonyl (C=O) groups excluding carboxylic acids is 3. The zero-order valence-corrected chi connectivity index (χ0v) is 16.7. The largest absolute Gasteiger partial charge is 0.464 e. The molecule has 6 heteroatoms. The number of rotatable bonds is 7. The minimum absolute atomic E-state index is 0.0559. The van der Waals surface area contributed by atoms with E-state index in [4.69, 9.17) is 4.74 Å². The van der Waals surface area contributed by atoms with Gasteiger partial charge in [-0.2, -0.15) is 0 Å². The molecule has 1 atom stereocenters. The summed E-state index contributed by atoms with van der Waals surface area (Å²) in [5.74, 6) is -0.443. The van der Waals surface area contributed by atoms with Crippen LogP contribution in [-0.2, 0) is 16.6 Å². The van der Waals surface area contributed by atoms with E-state index in [2.05, 4.69) is 0 Å². The molecule has 0 bridgehead atoms. The van der Waals surface area contributed by atoms with Gasteiger partial charge in [-0.1, -0.05) is 13.3 Å². The van der Waals surface area contributed by atoms with Gasteiger partial charge in [0.25, 0.3) is 0 Å². The van der Waals surface area contributed by atoms with E-state index >= 15 is 0 Å². The molecule has 1 aromatic rings. The molecule has 0 unspecified atom stereocenters. The fourth-order valence-electron chi connectivity index (χ4n) is 3.70. The summed E-state index contributed by atoms with van der Waals surface area (Å²) in [5, 5.41) is 0. The zero-order valence-electron chi connectivity index (χ0n) is 16.7. The summed E-state index contributed by atoms with van der Waals surface area (Å²) in [6.45, 7) is 7.94. The molecule has 144 valence electrons. The minimum Gasteiger partial charge on any atom is -0.464 e. The molecule has 0 N–H and O–H groups in total. The highest BCUT2D eigenvalue weighted by Crippen LogP contribution is 2.30. The van der Waals surface area contributed by atoms with Gasteiger partial charge >= 0.3 is 5.97 Å². The summed E-state index contributed by atoms with van der Waals surface area (Å²) in [6.07, 6.45) is 3.71. The molecule has 1 aromatic heterocycles. The lowest BCUT2D eigenvalue weighted by Gasteiger charge is -2.35. The van der Waals surface area contributed by atoms with Crippen molar-refractivity contribution in [1.82, 2.24) is 9.47 Å². The molecule has 2 rings (SSSR count). The molecule has 1 aliphatic rings. The van der Waals surface area contributed by atoms with Gasteiger partial charge in [-0.15, -0.1) is 0 Å². The van der Waals surface area contributed by atoms with Gasteiger partial charge in [0.2, 0.25) is 5.91 Å². The van der Waals surface area contributed by atoms with E-state index in [0.29, 0.717) is 29.1 Å². The van der Waals surface area contributed by atoms with E-state index in [1.54, 1.807) is 30.4 Å². The monoisotopic (exact) mass is 362 g/mol. The molecule has 26 heavy (non-hydrogen) atoms. The molecular weight excluding hydrogens is 332 g/mol. The number of ether oxygens (including phenoxy) is 1. The number of carbonyl (C=O) groups is 3. The van der Waals surface area contributed by atoms with Gasteiger partial charge in [0.15, 0.2) is 5.78 Å². The lowest BCUT2D eigenvalue weighted by Crippen LogP contribution is -2.47. The summed E-state index contributed by atoms with van der Waals surface area (Å²) in [7, 11) is 3.08. The van der Waals surface area contributed by atoms with Gasteiger partial charge < -0.3 is 14.2 Å². The van der Waals surface area contributed by atoms with Gasteiger partial charge in [-0.25, -0.2) is 4.79 Å². The third-order valence-corrected chi connectivity index (χ3v) is 5.60. The van der Waals surface area contributed by atoms with Gasteiger partial charge in [-0.05, 0) is 45.6 Å². The molecule has 0 aliphatic heterocycles. The van der Waals surface area contributed by atoms with Gasteiger partial charge in [0.1, 0.15) is 5.69 Å². The number of aromatic nitrogens is 1. The number of methoxy groups -OCH3 is 1. The maximum atomic E-state index is 13.3. The van der Waals surface area contributed by atoms with Crippen LogP contribution in [0, 0.1) is 19.8 Å². The summed E-state index contributed by atoms with van der Waals surface area (Å²) in [6, 6.07) is -0.548. The summed E-state index contributed by atoms with van der Waals surface area (Å²) in [4.78, 5) is 39.8. The van der Waals surface area contributed by atoms with E-state index in [1.165, 1.54) is 7.11 Å². The first-order valence-corrected chi connectivity index (χ1v) is 9.35. The Morgan fingerprint density at radius 2 is 1.88 bits per heavy atom. The molecule has 1 fully saturated rings. The second-order valence-corrected chi connectivity index (χ2v) is 7.18. The van der Waals surface area contributed by atoms with Gasteiger partial charge in [0.05, 0.1) is 13.2 Å². The number of nitrogens with zero attached hydrogens (tertiary/aromatic N) is 2. The van der Waals surface area contributed by atoms with Crippen molar-refractivity contribution >= 4 is 17.7 Å². The molecule has 6 nitrogen and oxygen atoms in total. The first kappa shape index (κ1) is 20.2. The third kappa shape index (κ3) is 3.41. The van der Waals surface area contributed by atoms with Gasteiger partial charge in [-0.3, -0.25) is 9.59 Å². The molecule has 1 saturated carbocycles. The van der Waals surface area contributed by atoms with Crippen LogP contribution < -0.4 is 0 Å².